The quantitative estimate of drug-likeness (QED) is 0.479. The second-order valence-electron chi connectivity index (χ2n) is 8.30. The molecule has 0 spiro atoms. The van der Waals surface area contributed by atoms with Gasteiger partial charge in [-0.05, 0) is 43.2 Å². The van der Waals surface area contributed by atoms with Gasteiger partial charge in [0.25, 0.3) is 5.91 Å². The Balaban J connectivity index is 1.49. The van der Waals surface area contributed by atoms with Crippen LogP contribution in [0.1, 0.15) is 44.5 Å². The van der Waals surface area contributed by atoms with Gasteiger partial charge < -0.3 is 15.5 Å². The molecule has 1 atom stereocenters. The van der Waals surface area contributed by atoms with E-state index in [9.17, 15) is 27.6 Å². The van der Waals surface area contributed by atoms with Crippen molar-refractivity contribution in [1.29, 1.82) is 0 Å². The summed E-state index contributed by atoms with van der Waals surface area (Å²) in [6, 6.07) is 5.82. The Morgan fingerprint density at radius 2 is 1.86 bits per heavy atom. The summed E-state index contributed by atoms with van der Waals surface area (Å²) in [4.78, 5) is 43.9. The number of hydrogen-bond acceptors (Lipinski definition) is 5. The van der Waals surface area contributed by atoms with Crippen molar-refractivity contribution < 1.29 is 27.6 Å². The second-order valence-corrected chi connectivity index (χ2v) is 9.38. The number of aryl methyl sites for hydroxylation is 2. The first-order valence-electron chi connectivity index (χ1n) is 11.2. The lowest BCUT2D eigenvalue weighted by Gasteiger charge is -2.22. The number of nitrogens with zero attached hydrogens (tertiary/aromatic N) is 2. The van der Waals surface area contributed by atoms with Crippen molar-refractivity contribution in [3.63, 3.8) is 0 Å². The van der Waals surface area contributed by atoms with Crippen LogP contribution in [0.3, 0.4) is 0 Å². The fourth-order valence-corrected chi connectivity index (χ4v) is 4.91. The summed E-state index contributed by atoms with van der Waals surface area (Å²) >= 11 is 1.22. The summed E-state index contributed by atoms with van der Waals surface area (Å²) in [6.45, 7) is 3.05. The fraction of sp³-hybridized carbons (Fsp3) is 0.280. The van der Waals surface area contributed by atoms with E-state index in [1.807, 2.05) is 6.92 Å². The average molecular weight is 517 g/mol. The first-order valence-corrected chi connectivity index (χ1v) is 12.1. The smallest absolute Gasteiger partial charge is 0.263 e. The van der Waals surface area contributed by atoms with E-state index in [4.69, 9.17) is 0 Å². The van der Waals surface area contributed by atoms with Crippen molar-refractivity contribution >= 4 is 34.7 Å². The van der Waals surface area contributed by atoms with E-state index in [-0.39, 0.29) is 31.0 Å². The van der Waals surface area contributed by atoms with E-state index >= 15 is 0 Å². The van der Waals surface area contributed by atoms with Crippen LogP contribution in [0, 0.1) is 24.4 Å². The summed E-state index contributed by atoms with van der Waals surface area (Å²) in [6.07, 6.45) is 0.629. The zero-order chi connectivity index (χ0) is 26.0. The number of rotatable bonds is 8. The van der Waals surface area contributed by atoms with Gasteiger partial charge in [-0.2, -0.15) is 0 Å². The van der Waals surface area contributed by atoms with E-state index in [1.165, 1.54) is 40.5 Å². The van der Waals surface area contributed by atoms with Crippen LogP contribution >= 0.6 is 11.3 Å². The highest BCUT2D eigenvalue weighted by Crippen LogP contribution is 2.29. The van der Waals surface area contributed by atoms with Gasteiger partial charge in [-0.1, -0.05) is 13.0 Å². The molecule has 0 bridgehead atoms. The van der Waals surface area contributed by atoms with Crippen LogP contribution in [0.4, 0.5) is 18.9 Å². The van der Waals surface area contributed by atoms with Gasteiger partial charge in [0.05, 0.1) is 23.2 Å². The number of halogens is 3. The number of fused-ring (bicyclic) bond motifs is 1. The van der Waals surface area contributed by atoms with E-state index in [2.05, 4.69) is 15.6 Å². The molecule has 188 valence electrons. The average Bonchev–Trinajstić information content (AvgIpc) is 3.35. The number of thiazole rings is 1. The molecule has 0 saturated carbocycles. The van der Waals surface area contributed by atoms with Crippen LogP contribution in [0.15, 0.2) is 36.4 Å². The van der Waals surface area contributed by atoms with Crippen molar-refractivity contribution in [3.05, 3.63) is 80.6 Å². The minimum absolute atomic E-state index is 0.0130. The molecule has 1 aromatic heterocycles. The molecule has 2 heterocycles. The van der Waals surface area contributed by atoms with Gasteiger partial charge in [0.15, 0.2) is 0 Å². The zero-order valence-electron chi connectivity index (χ0n) is 19.5. The van der Waals surface area contributed by atoms with Gasteiger partial charge in [0, 0.05) is 23.9 Å². The molecule has 0 fully saturated rings. The molecule has 11 heteroatoms. The molecule has 0 radical (unpaired) electrons. The number of anilines is 1. The number of carbonyl (C=O) groups excluding carboxylic acids is 3. The topological polar surface area (TPSA) is 91.4 Å². The summed E-state index contributed by atoms with van der Waals surface area (Å²) in [7, 11) is 0. The third kappa shape index (κ3) is 5.40. The third-order valence-electron chi connectivity index (χ3n) is 5.77. The SMILES string of the molecule is CCc1nc(C)c(C(=O)NC(CNC(=O)CN2C(=O)Cc3cc(F)ccc32)c2ccc(F)cc2F)s1. The molecule has 1 unspecified atom stereocenters. The van der Waals surface area contributed by atoms with Crippen molar-refractivity contribution in [2.45, 2.75) is 32.7 Å². The molecule has 2 N–H and O–H groups in total. The van der Waals surface area contributed by atoms with Crippen molar-refractivity contribution in [3.8, 4) is 0 Å². The van der Waals surface area contributed by atoms with Crippen LogP contribution in [-0.4, -0.2) is 35.8 Å². The van der Waals surface area contributed by atoms with Gasteiger partial charge in [-0.3, -0.25) is 14.4 Å². The number of nitrogens with one attached hydrogen (secondary N) is 2. The summed E-state index contributed by atoms with van der Waals surface area (Å²) in [5.41, 5.74) is 1.44. The van der Waals surface area contributed by atoms with Crippen LogP contribution in [0.2, 0.25) is 0 Å². The second kappa shape index (κ2) is 10.5. The lowest BCUT2D eigenvalue weighted by atomic mass is 10.1. The van der Waals surface area contributed by atoms with Gasteiger partial charge in [-0.25, -0.2) is 18.2 Å². The number of aromatic nitrogens is 1. The highest BCUT2D eigenvalue weighted by Gasteiger charge is 2.30. The molecule has 2 aromatic carbocycles. The van der Waals surface area contributed by atoms with Crippen molar-refractivity contribution in [2.24, 2.45) is 0 Å². The highest BCUT2D eigenvalue weighted by molar-refractivity contribution is 7.13. The molecule has 3 aromatic rings. The molecule has 4 rings (SSSR count). The van der Waals surface area contributed by atoms with Crippen molar-refractivity contribution in [2.75, 3.05) is 18.0 Å². The molecule has 0 aliphatic carbocycles. The lowest BCUT2D eigenvalue weighted by Crippen LogP contribution is -2.43. The number of benzene rings is 2. The summed E-state index contributed by atoms with van der Waals surface area (Å²) in [5, 5.41) is 6.08. The third-order valence-corrected chi connectivity index (χ3v) is 7.07. The molecule has 1 aliphatic heterocycles. The van der Waals surface area contributed by atoms with E-state index in [1.54, 1.807) is 6.92 Å². The van der Waals surface area contributed by atoms with E-state index < -0.39 is 35.3 Å². The highest BCUT2D eigenvalue weighted by atomic mass is 32.1. The van der Waals surface area contributed by atoms with Gasteiger partial charge in [0.2, 0.25) is 11.8 Å². The maximum atomic E-state index is 14.6. The Morgan fingerprint density at radius 1 is 1.14 bits per heavy atom. The zero-order valence-corrected chi connectivity index (χ0v) is 20.3. The van der Waals surface area contributed by atoms with Gasteiger partial charge >= 0.3 is 0 Å². The normalized spacial score (nSPS) is 13.5. The minimum Gasteiger partial charge on any atom is -0.352 e. The maximum absolute atomic E-state index is 14.6. The molecule has 0 saturated heterocycles. The minimum atomic E-state index is -1.02. The number of hydrogen-bond donors (Lipinski definition) is 2. The van der Waals surface area contributed by atoms with Gasteiger partial charge in [-0.15, -0.1) is 11.3 Å². The number of amides is 3. The molecule has 3 amide bonds. The Bertz CT molecular complexity index is 1340. The predicted molar refractivity (Wildman–Crippen MR) is 128 cm³/mol. The van der Waals surface area contributed by atoms with Gasteiger partial charge in [0.1, 0.15) is 28.9 Å². The summed E-state index contributed by atoms with van der Waals surface area (Å²) in [5.74, 6) is -3.56. The molecular weight excluding hydrogens is 493 g/mol. The molecule has 36 heavy (non-hydrogen) atoms. The fourth-order valence-electron chi connectivity index (χ4n) is 4.00. The number of carbonyl (C=O) groups is 3. The van der Waals surface area contributed by atoms with E-state index in [0.717, 1.165) is 11.1 Å². The summed E-state index contributed by atoms with van der Waals surface area (Å²) < 4.78 is 41.6. The Kier molecular flexibility index (Phi) is 7.39. The standard InChI is InChI=1S/C25H23F3N4O3S/c1-3-22-30-13(2)24(36-22)25(35)31-19(17-6-4-16(27)10-18(17)28)11-29-21(33)12-32-20-7-5-15(26)8-14(20)9-23(32)34/h4-8,10,19H,3,9,11-12H2,1-2H3,(H,29,33)(H,31,35). The molecular formula is C25H23F3N4O3S. The molecule has 7 nitrogen and oxygen atoms in total. The van der Waals surface area contributed by atoms with Crippen molar-refractivity contribution in [1.82, 2.24) is 15.6 Å². The van der Waals surface area contributed by atoms with Crippen LogP contribution in [-0.2, 0) is 22.4 Å². The van der Waals surface area contributed by atoms with Crippen LogP contribution in [0.5, 0.6) is 0 Å². The first kappa shape index (κ1) is 25.4. The van der Waals surface area contributed by atoms with Crippen LogP contribution in [0.25, 0.3) is 0 Å². The maximum Gasteiger partial charge on any atom is 0.263 e. The predicted octanol–water partition coefficient (Wildman–Crippen LogP) is 3.61. The monoisotopic (exact) mass is 516 g/mol. The first-order chi connectivity index (χ1) is 17.2. The Labute approximate surface area is 209 Å². The van der Waals surface area contributed by atoms with E-state index in [0.29, 0.717) is 34.3 Å². The van der Waals surface area contributed by atoms with Crippen LogP contribution < -0.4 is 15.5 Å². The Hall–Kier alpha value is -3.73. The lowest BCUT2D eigenvalue weighted by molar-refractivity contribution is -0.123. The Morgan fingerprint density at radius 3 is 2.56 bits per heavy atom. The largest absolute Gasteiger partial charge is 0.352 e. The molecule has 1 aliphatic rings.